The fraction of sp³-hybridized carbons (Fsp3) is 0.462. The minimum absolute atomic E-state index is 0.347. The Balaban J connectivity index is 2.19. The van der Waals surface area contributed by atoms with Crippen molar-refractivity contribution in [2.24, 2.45) is 0 Å². The van der Waals surface area contributed by atoms with Crippen LogP contribution in [0, 0.1) is 6.92 Å². The van der Waals surface area contributed by atoms with E-state index in [1.165, 1.54) is 0 Å². The van der Waals surface area contributed by atoms with Crippen LogP contribution in [0.4, 0.5) is 5.69 Å². The van der Waals surface area contributed by atoms with Gasteiger partial charge in [-0.15, -0.1) is 0 Å². The fourth-order valence-corrected chi connectivity index (χ4v) is 2.24. The van der Waals surface area contributed by atoms with E-state index in [4.69, 9.17) is 5.11 Å². The SMILES string of the molecule is Cc1ccc(C(=O)O)c(NC2CCN(C)C2)c1. The Bertz CT molecular complexity index is 431. The zero-order chi connectivity index (χ0) is 12.4. The number of nitrogens with one attached hydrogen (secondary N) is 1. The van der Waals surface area contributed by atoms with Crippen molar-refractivity contribution in [1.82, 2.24) is 4.90 Å². The van der Waals surface area contributed by atoms with Crippen LogP contribution < -0.4 is 5.32 Å². The van der Waals surface area contributed by atoms with Gasteiger partial charge in [-0.25, -0.2) is 4.79 Å². The van der Waals surface area contributed by atoms with Crippen LogP contribution in [0.2, 0.25) is 0 Å². The molecule has 1 aromatic carbocycles. The summed E-state index contributed by atoms with van der Waals surface area (Å²) in [4.78, 5) is 13.4. The average molecular weight is 234 g/mol. The van der Waals surface area contributed by atoms with Crippen molar-refractivity contribution in [2.45, 2.75) is 19.4 Å². The molecular weight excluding hydrogens is 216 g/mol. The van der Waals surface area contributed by atoms with E-state index in [1.54, 1.807) is 6.07 Å². The highest BCUT2D eigenvalue weighted by atomic mass is 16.4. The van der Waals surface area contributed by atoms with Gasteiger partial charge in [-0.1, -0.05) is 6.07 Å². The lowest BCUT2D eigenvalue weighted by Gasteiger charge is -2.16. The third-order valence-corrected chi connectivity index (χ3v) is 3.16. The lowest BCUT2D eigenvalue weighted by atomic mass is 10.1. The number of carboxylic acid groups (broad SMARTS) is 1. The molecule has 1 atom stereocenters. The highest BCUT2D eigenvalue weighted by Gasteiger charge is 2.21. The molecule has 0 spiro atoms. The molecular formula is C13H18N2O2. The van der Waals surface area contributed by atoms with Crippen molar-refractivity contribution in [3.8, 4) is 0 Å². The van der Waals surface area contributed by atoms with Gasteiger partial charge in [0.15, 0.2) is 0 Å². The number of rotatable bonds is 3. The number of carbonyl (C=O) groups is 1. The van der Waals surface area contributed by atoms with Crippen molar-refractivity contribution in [3.05, 3.63) is 29.3 Å². The van der Waals surface area contributed by atoms with E-state index in [0.29, 0.717) is 11.6 Å². The van der Waals surface area contributed by atoms with Crippen LogP contribution in [0.25, 0.3) is 0 Å². The van der Waals surface area contributed by atoms with Crippen LogP contribution in [0.1, 0.15) is 22.3 Å². The molecule has 1 aliphatic heterocycles. The molecule has 1 aromatic rings. The number of aryl methyl sites for hydroxylation is 1. The minimum Gasteiger partial charge on any atom is -0.478 e. The molecule has 0 aliphatic carbocycles. The average Bonchev–Trinajstić information content (AvgIpc) is 2.63. The number of hydrogen-bond acceptors (Lipinski definition) is 3. The molecule has 0 radical (unpaired) electrons. The van der Waals surface area contributed by atoms with E-state index in [2.05, 4.69) is 17.3 Å². The highest BCUT2D eigenvalue weighted by Crippen LogP contribution is 2.21. The molecule has 1 aliphatic rings. The lowest BCUT2D eigenvalue weighted by molar-refractivity contribution is 0.0698. The number of anilines is 1. The van der Waals surface area contributed by atoms with Crippen molar-refractivity contribution in [2.75, 3.05) is 25.5 Å². The van der Waals surface area contributed by atoms with Gasteiger partial charge >= 0.3 is 5.97 Å². The predicted octanol–water partition coefficient (Wildman–Crippen LogP) is 1.81. The molecule has 0 amide bonds. The summed E-state index contributed by atoms with van der Waals surface area (Å²) in [5, 5.41) is 12.5. The van der Waals surface area contributed by atoms with Crippen LogP contribution >= 0.6 is 0 Å². The van der Waals surface area contributed by atoms with Gasteiger partial charge in [0.2, 0.25) is 0 Å². The predicted molar refractivity (Wildman–Crippen MR) is 67.7 cm³/mol. The number of benzene rings is 1. The molecule has 4 heteroatoms. The van der Waals surface area contributed by atoms with Crippen LogP contribution in [0.3, 0.4) is 0 Å². The number of likely N-dealkylation sites (tertiary alicyclic amines) is 1. The van der Waals surface area contributed by atoms with Gasteiger partial charge in [-0.05, 0) is 44.6 Å². The van der Waals surface area contributed by atoms with Gasteiger partial charge in [0.25, 0.3) is 0 Å². The Morgan fingerprint density at radius 1 is 1.53 bits per heavy atom. The van der Waals surface area contributed by atoms with Crippen molar-refractivity contribution >= 4 is 11.7 Å². The Morgan fingerprint density at radius 3 is 2.88 bits per heavy atom. The zero-order valence-electron chi connectivity index (χ0n) is 10.2. The standard InChI is InChI=1S/C13H18N2O2/c1-9-3-4-11(13(16)17)12(7-9)14-10-5-6-15(2)8-10/h3-4,7,10,14H,5-6,8H2,1-2H3,(H,16,17). The van der Waals surface area contributed by atoms with Crippen molar-refractivity contribution < 1.29 is 9.90 Å². The Kier molecular flexibility index (Phi) is 3.33. The number of nitrogens with zero attached hydrogens (tertiary/aromatic N) is 1. The van der Waals surface area contributed by atoms with Gasteiger partial charge in [0.05, 0.1) is 5.56 Å². The molecule has 4 nitrogen and oxygen atoms in total. The molecule has 92 valence electrons. The third-order valence-electron chi connectivity index (χ3n) is 3.16. The minimum atomic E-state index is -0.876. The molecule has 0 saturated carbocycles. The van der Waals surface area contributed by atoms with Gasteiger partial charge in [0.1, 0.15) is 0 Å². The maximum atomic E-state index is 11.1. The van der Waals surface area contributed by atoms with Crippen molar-refractivity contribution in [3.63, 3.8) is 0 Å². The van der Waals surface area contributed by atoms with Gasteiger partial charge in [-0.2, -0.15) is 0 Å². The summed E-state index contributed by atoms with van der Waals surface area (Å²) >= 11 is 0. The number of hydrogen-bond donors (Lipinski definition) is 2. The summed E-state index contributed by atoms with van der Waals surface area (Å²) in [6.07, 6.45) is 1.06. The number of carboxylic acids is 1. The van der Waals surface area contributed by atoms with E-state index in [0.717, 1.165) is 30.8 Å². The Hall–Kier alpha value is -1.55. The van der Waals surface area contributed by atoms with E-state index in [-0.39, 0.29) is 0 Å². The van der Waals surface area contributed by atoms with Crippen LogP contribution in [0.15, 0.2) is 18.2 Å². The van der Waals surface area contributed by atoms with Crippen LogP contribution in [0.5, 0.6) is 0 Å². The van der Waals surface area contributed by atoms with Gasteiger partial charge in [0, 0.05) is 18.3 Å². The first-order valence-electron chi connectivity index (χ1n) is 5.85. The topological polar surface area (TPSA) is 52.6 Å². The molecule has 1 saturated heterocycles. The first-order valence-corrected chi connectivity index (χ1v) is 5.85. The highest BCUT2D eigenvalue weighted by molar-refractivity contribution is 5.94. The van der Waals surface area contributed by atoms with Gasteiger partial charge < -0.3 is 15.3 Å². The summed E-state index contributed by atoms with van der Waals surface area (Å²) < 4.78 is 0. The molecule has 1 unspecified atom stereocenters. The summed E-state index contributed by atoms with van der Waals surface area (Å²) in [5.41, 5.74) is 2.16. The summed E-state index contributed by atoms with van der Waals surface area (Å²) in [6.45, 7) is 4.00. The second kappa shape index (κ2) is 4.75. The first kappa shape index (κ1) is 11.9. The molecule has 17 heavy (non-hydrogen) atoms. The number of aromatic carboxylic acids is 1. The zero-order valence-corrected chi connectivity index (χ0v) is 10.2. The molecule has 2 N–H and O–H groups in total. The molecule has 0 aromatic heterocycles. The second-order valence-electron chi connectivity index (χ2n) is 4.75. The maximum absolute atomic E-state index is 11.1. The normalized spacial score (nSPS) is 20.5. The molecule has 1 heterocycles. The smallest absolute Gasteiger partial charge is 0.337 e. The summed E-state index contributed by atoms with van der Waals surface area (Å²) in [7, 11) is 2.08. The fourth-order valence-electron chi connectivity index (χ4n) is 2.24. The molecule has 0 bridgehead atoms. The Morgan fingerprint density at radius 2 is 2.29 bits per heavy atom. The van der Waals surface area contributed by atoms with E-state index >= 15 is 0 Å². The summed E-state index contributed by atoms with van der Waals surface area (Å²) in [6, 6.07) is 5.75. The lowest BCUT2D eigenvalue weighted by Crippen LogP contribution is -2.24. The van der Waals surface area contributed by atoms with Gasteiger partial charge in [-0.3, -0.25) is 0 Å². The van der Waals surface area contributed by atoms with Crippen molar-refractivity contribution in [1.29, 1.82) is 0 Å². The first-order chi connectivity index (χ1) is 8.06. The molecule has 1 fully saturated rings. The summed E-state index contributed by atoms with van der Waals surface area (Å²) in [5.74, 6) is -0.876. The van der Waals surface area contributed by atoms with E-state index in [9.17, 15) is 4.79 Å². The second-order valence-corrected chi connectivity index (χ2v) is 4.75. The monoisotopic (exact) mass is 234 g/mol. The Labute approximate surface area is 101 Å². The van der Waals surface area contributed by atoms with E-state index in [1.807, 2.05) is 19.1 Å². The van der Waals surface area contributed by atoms with Crippen LogP contribution in [-0.4, -0.2) is 42.2 Å². The maximum Gasteiger partial charge on any atom is 0.337 e. The number of likely N-dealkylation sites (N-methyl/N-ethyl adjacent to an activating group) is 1. The molecule has 2 rings (SSSR count). The van der Waals surface area contributed by atoms with Crippen LogP contribution in [-0.2, 0) is 0 Å². The van der Waals surface area contributed by atoms with E-state index < -0.39 is 5.97 Å². The largest absolute Gasteiger partial charge is 0.478 e. The quantitative estimate of drug-likeness (QED) is 0.837. The third kappa shape index (κ3) is 2.77.